The van der Waals surface area contributed by atoms with Crippen molar-refractivity contribution in [2.45, 2.75) is 10.4 Å². The fourth-order valence-electron chi connectivity index (χ4n) is 1.50. The van der Waals surface area contributed by atoms with E-state index in [4.69, 9.17) is 5.11 Å². The number of likely N-dealkylation sites (N-methyl/N-ethyl adjacent to an activating group) is 2. The Labute approximate surface area is 139 Å². The molecule has 0 atom stereocenters. The van der Waals surface area contributed by atoms with Crippen molar-refractivity contribution in [2.24, 2.45) is 10.2 Å². The van der Waals surface area contributed by atoms with E-state index in [0.29, 0.717) is 18.7 Å². The first kappa shape index (κ1) is 17.7. The fourth-order valence-corrected chi connectivity index (χ4v) is 4.00. The van der Waals surface area contributed by atoms with Crippen LogP contribution in [0.1, 0.15) is 0 Å². The number of azo groups is 1. The zero-order valence-electron chi connectivity index (χ0n) is 12.0. The third kappa shape index (κ3) is 3.49. The van der Waals surface area contributed by atoms with Gasteiger partial charge in [0.1, 0.15) is 0 Å². The summed E-state index contributed by atoms with van der Waals surface area (Å²) in [6.45, 7) is -0.0146. The second-order valence-corrected chi connectivity index (χ2v) is 8.45. The Hall–Kier alpha value is -1.64. The van der Waals surface area contributed by atoms with Crippen LogP contribution in [0.3, 0.4) is 0 Å². The molecule has 0 spiro atoms. The molecule has 0 radical (unpaired) electrons. The van der Waals surface area contributed by atoms with Gasteiger partial charge in [-0.05, 0) is 0 Å². The highest BCUT2D eigenvalue weighted by molar-refractivity contribution is 8.01. The molecule has 1 fully saturated rings. The summed E-state index contributed by atoms with van der Waals surface area (Å²) in [4.78, 5) is 23.9. The van der Waals surface area contributed by atoms with Gasteiger partial charge >= 0.3 is 10.2 Å². The molecule has 126 valence electrons. The molecule has 14 heteroatoms. The summed E-state index contributed by atoms with van der Waals surface area (Å²) in [6, 6.07) is -1.58. The van der Waals surface area contributed by atoms with E-state index < -0.39 is 28.1 Å². The number of aliphatic hydroxyl groups is 1. The van der Waals surface area contributed by atoms with Crippen LogP contribution in [0.15, 0.2) is 14.6 Å². The van der Waals surface area contributed by atoms with Crippen molar-refractivity contribution >= 4 is 50.3 Å². The Bertz CT molecular complexity index is 719. The van der Waals surface area contributed by atoms with Gasteiger partial charge in [0.25, 0.3) is 16.9 Å². The summed E-state index contributed by atoms with van der Waals surface area (Å²) in [7, 11) is -2.07. The van der Waals surface area contributed by atoms with E-state index in [9.17, 15) is 18.0 Å². The van der Waals surface area contributed by atoms with Gasteiger partial charge in [-0.3, -0.25) is 9.59 Å². The van der Waals surface area contributed by atoms with Gasteiger partial charge < -0.3 is 5.11 Å². The van der Waals surface area contributed by atoms with E-state index in [0.717, 1.165) is 25.4 Å². The molecule has 11 nitrogen and oxygen atoms in total. The number of aliphatic hydroxyl groups excluding tert-OH is 1. The molecule has 0 unspecified atom stereocenters. The van der Waals surface area contributed by atoms with Crippen LogP contribution >= 0.6 is 23.1 Å². The topological polar surface area (TPSA) is 145 Å². The maximum atomic E-state index is 11.9. The maximum Gasteiger partial charge on any atom is 0.330 e. The molecule has 2 amide bonds. The number of carbonyl (C=O) groups excluding carboxylic acids is 2. The number of rotatable bonds is 5. The zero-order valence-corrected chi connectivity index (χ0v) is 14.4. The molecule has 2 rings (SSSR count). The first-order chi connectivity index (χ1) is 10.8. The van der Waals surface area contributed by atoms with Gasteiger partial charge in [0.05, 0.1) is 6.61 Å². The lowest BCUT2D eigenvalue weighted by molar-refractivity contribution is -0.139. The van der Waals surface area contributed by atoms with Crippen LogP contribution in [0.4, 0.5) is 5.13 Å². The van der Waals surface area contributed by atoms with Crippen LogP contribution in [-0.4, -0.2) is 76.6 Å². The Kier molecular flexibility index (Phi) is 5.28. The Balaban J connectivity index is 2.17. The van der Waals surface area contributed by atoms with Crippen molar-refractivity contribution in [3.63, 3.8) is 0 Å². The van der Waals surface area contributed by atoms with Crippen LogP contribution in [0.2, 0.25) is 0 Å². The van der Waals surface area contributed by atoms with E-state index in [1.807, 2.05) is 0 Å². The Morgan fingerprint density at radius 2 is 1.87 bits per heavy atom. The van der Waals surface area contributed by atoms with E-state index in [1.165, 1.54) is 11.8 Å². The molecular formula is C9H12N6O5S3. The number of carbonyl (C=O) groups is 2. The van der Waals surface area contributed by atoms with E-state index in [1.54, 1.807) is 0 Å². The summed E-state index contributed by atoms with van der Waals surface area (Å²) < 4.78 is 24.9. The number of thioether (sulfide) groups is 1. The van der Waals surface area contributed by atoms with Crippen LogP contribution in [0.5, 0.6) is 0 Å². The molecule has 1 saturated heterocycles. The normalized spacial score (nSPS) is 19.1. The summed E-state index contributed by atoms with van der Waals surface area (Å²) in [5.74, 6) is -1.54. The average Bonchev–Trinajstić information content (AvgIpc) is 2.97. The molecule has 0 aliphatic carbocycles. The van der Waals surface area contributed by atoms with E-state index >= 15 is 0 Å². The van der Waals surface area contributed by atoms with Gasteiger partial charge in [-0.15, -0.1) is 15.3 Å². The van der Waals surface area contributed by atoms with Crippen LogP contribution in [0.25, 0.3) is 0 Å². The van der Waals surface area contributed by atoms with Gasteiger partial charge in [0, 0.05) is 19.8 Å². The average molecular weight is 380 g/mol. The monoisotopic (exact) mass is 380 g/mol. The number of nitrogens with zero attached hydrogens (tertiary/aromatic N) is 6. The summed E-state index contributed by atoms with van der Waals surface area (Å²) in [5, 5.41) is 23.6. The number of aromatic nitrogens is 2. The second kappa shape index (κ2) is 6.86. The van der Waals surface area contributed by atoms with E-state index in [-0.39, 0.29) is 11.7 Å². The smallest absolute Gasteiger partial charge is 0.330 e. The predicted molar refractivity (Wildman–Crippen MR) is 80.5 cm³/mol. The van der Waals surface area contributed by atoms with E-state index in [2.05, 4.69) is 20.4 Å². The fraction of sp³-hybridized carbons (Fsp3) is 0.556. The predicted octanol–water partition coefficient (Wildman–Crippen LogP) is -0.750. The van der Waals surface area contributed by atoms with Crippen LogP contribution < -0.4 is 0 Å². The second-order valence-electron chi connectivity index (χ2n) is 4.16. The Morgan fingerprint density at radius 3 is 2.43 bits per heavy atom. The van der Waals surface area contributed by atoms with Gasteiger partial charge in [-0.25, -0.2) is 8.61 Å². The third-order valence-corrected chi connectivity index (χ3v) is 6.42. The van der Waals surface area contributed by atoms with Gasteiger partial charge in [-0.1, -0.05) is 23.1 Å². The number of hydrogen-bond donors (Lipinski definition) is 1. The molecule has 1 aliphatic rings. The first-order valence-electron chi connectivity index (χ1n) is 6.07. The SMILES string of the molecule is CN1C(=O)C(N=Nc2nnc(SCCO)s2)C(=O)N(C)S1(=O)=O. The summed E-state index contributed by atoms with van der Waals surface area (Å²) >= 11 is 2.33. The first-order valence-corrected chi connectivity index (χ1v) is 9.27. The minimum absolute atomic E-state index is 0.0146. The van der Waals surface area contributed by atoms with Crippen LogP contribution in [-0.2, 0) is 19.8 Å². The highest BCUT2D eigenvalue weighted by atomic mass is 32.2. The van der Waals surface area contributed by atoms with Crippen molar-refractivity contribution < 1.29 is 23.1 Å². The molecule has 1 aromatic rings. The van der Waals surface area contributed by atoms with Gasteiger partial charge in [0.2, 0.25) is 6.04 Å². The van der Waals surface area contributed by atoms with Crippen molar-refractivity contribution in [1.29, 1.82) is 0 Å². The molecule has 2 heterocycles. The van der Waals surface area contributed by atoms with Crippen molar-refractivity contribution in [3.05, 3.63) is 0 Å². The quantitative estimate of drug-likeness (QED) is 0.399. The maximum absolute atomic E-state index is 11.9. The lowest BCUT2D eigenvalue weighted by atomic mass is 10.3. The third-order valence-electron chi connectivity index (χ3n) is 2.75. The van der Waals surface area contributed by atoms with Gasteiger partial charge in [0.15, 0.2) is 4.34 Å². The molecule has 1 aromatic heterocycles. The molecule has 0 saturated carbocycles. The molecule has 1 aliphatic heterocycles. The minimum atomic E-state index is -4.15. The van der Waals surface area contributed by atoms with Crippen molar-refractivity contribution in [2.75, 3.05) is 26.5 Å². The van der Waals surface area contributed by atoms with Crippen molar-refractivity contribution in [3.8, 4) is 0 Å². The number of amides is 2. The minimum Gasteiger partial charge on any atom is -0.396 e. The highest BCUT2D eigenvalue weighted by Crippen LogP contribution is 2.28. The number of hydrogen-bond acceptors (Lipinski definition) is 11. The molecule has 1 N–H and O–H groups in total. The lowest BCUT2D eigenvalue weighted by Crippen LogP contribution is -2.58. The zero-order chi connectivity index (χ0) is 17.2. The summed E-state index contributed by atoms with van der Waals surface area (Å²) in [6.07, 6.45) is 0. The molecule has 0 aromatic carbocycles. The Morgan fingerprint density at radius 1 is 1.26 bits per heavy atom. The highest BCUT2D eigenvalue weighted by Gasteiger charge is 2.46. The lowest BCUT2D eigenvalue weighted by Gasteiger charge is -2.31. The van der Waals surface area contributed by atoms with Gasteiger partial charge in [-0.2, -0.15) is 13.5 Å². The largest absolute Gasteiger partial charge is 0.396 e. The molecule has 23 heavy (non-hydrogen) atoms. The van der Waals surface area contributed by atoms with Crippen molar-refractivity contribution in [1.82, 2.24) is 18.8 Å². The summed E-state index contributed by atoms with van der Waals surface area (Å²) in [5.41, 5.74) is 0. The molecular weight excluding hydrogens is 368 g/mol. The molecule has 0 bridgehead atoms. The van der Waals surface area contributed by atoms with Crippen LogP contribution in [0, 0.1) is 0 Å². The standard InChI is InChI=1S/C9H12N6O5S3/c1-14-6(17)5(7(18)15(2)23(14,19)20)10-11-8-12-13-9(22-8)21-4-3-16/h5,16H,3-4H2,1-2H3.